The van der Waals surface area contributed by atoms with E-state index >= 15 is 0 Å². The van der Waals surface area contributed by atoms with Crippen LogP contribution in [0, 0.1) is 0 Å². The van der Waals surface area contributed by atoms with Crippen molar-refractivity contribution in [3.8, 4) is 0 Å². The zero-order valence-electron chi connectivity index (χ0n) is 13.7. The quantitative estimate of drug-likeness (QED) is 0.840. The fourth-order valence-corrected chi connectivity index (χ4v) is 2.19. The number of rotatable bonds is 5. The highest BCUT2D eigenvalue weighted by Gasteiger charge is 2.19. The number of nitrogens with one attached hydrogen (secondary N) is 1. The van der Waals surface area contributed by atoms with Crippen LogP contribution in [-0.4, -0.2) is 32.1 Å². The summed E-state index contributed by atoms with van der Waals surface area (Å²) in [5, 5.41) is 3.17. The monoisotopic (exact) mass is 346 g/mol. The van der Waals surface area contributed by atoms with Crippen molar-refractivity contribution in [1.29, 1.82) is 0 Å². The van der Waals surface area contributed by atoms with Crippen LogP contribution in [0.15, 0.2) is 48.5 Å². The zero-order valence-corrected chi connectivity index (χ0v) is 14.5. The van der Waals surface area contributed by atoms with Crippen LogP contribution < -0.4 is 10.2 Å². The molecule has 0 fully saturated rings. The number of halogens is 1. The number of amides is 1. The number of carbonyl (C=O) groups is 2. The SMILES string of the molecule is CC(OC(=O)c1cccc(N(C)C)c1)C(=O)Nc1cccc(Cl)c1. The Morgan fingerprint density at radius 2 is 1.83 bits per heavy atom. The Balaban J connectivity index is 2.00. The van der Waals surface area contributed by atoms with Gasteiger partial charge in [-0.05, 0) is 43.3 Å². The summed E-state index contributed by atoms with van der Waals surface area (Å²) < 4.78 is 5.23. The van der Waals surface area contributed by atoms with Crippen molar-refractivity contribution < 1.29 is 14.3 Å². The molecule has 6 heteroatoms. The van der Waals surface area contributed by atoms with Gasteiger partial charge in [-0.25, -0.2) is 4.79 Å². The largest absolute Gasteiger partial charge is 0.449 e. The second-order valence-electron chi connectivity index (χ2n) is 5.49. The molecule has 5 nitrogen and oxygen atoms in total. The number of carbonyl (C=O) groups excluding carboxylic acids is 2. The Kier molecular flexibility index (Phi) is 5.82. The Labute approximate surface area is 146 Å². The van der Waals surface area contributed by atoms with Gasteiger partial charge in [-0.1, -0.05) is 23.7 Å². The van der Waals surface area contributed by atoms with Crippen molar-refractivity contribution in [2.45, 2.75) is 13.0 Å². The van der Waals surface area contributed by atoms with Gasteiger partial charge in [0.25, 0.3) is 5.91 Å². The Hall–Kier alpha value is -2.53. The molecule has 0 aliphatic rings. The van der Waals surface area contributed by atoms with Gasteiger partial charge in [0.1, 0.15) is 0 Å². The molecule has 2 aromatic rings. The number of esters is 1. The first-order chi connectivity index (χ1) is 11.4. The molecule has 0 aliphatic heterocycles. The lowest BCUT2D eigenvalue weighted by Crippen LogP contribution is -2.30. The zero-order chi connectivity index (χ0) is 17.7. The first kappa shape index (κ1) is 17.8. The summed E-state index contributed by atoms with van der Waals surface area (Å²) in [6.07, 6.45) is -0.931. The lowest BCUT2D eigenvalue weighted by Gasteiger charge is -2.15. The Morgan fingerprint density at radius 1 is 1.12 bits per heavy atom. The number of hydrogen-bond donors (Lipinski definition) is 1. The van der Waals surface area contributed by atoms with Crippen LogP contribution in [-0.2, 0) is 9.53 Å². The standard InChI is InChI=1S/C18H19ClN2O3/c1-12(17(22)20-15-8-5-7-14(19)11-15)24-18(23)13-6-4-9-16(10-13)21(2)3/h4-12H,1-3H3,(H,20,22). The summed E-state index contributed by atoms with van der Waals surface area (Å²) in [5.41, 5.74) is 1.81. The summed E-state index contributed by atoms with van der Waals surface area (Å²) in [5.74, 6) is -0.971. The number of nitrogens with zero attached hydrogens (tertiary/aromatic N) is 1. The van der Waals surface area contributed by atoms with Crippen LogP contribution in [0.3, 0.4) is 0 Å². The molecule has 0 saturated heterocycles. The van der Waals surface area contributed by atoms with Crippen LogP contribution in [0.1, 0.15) is 17.3 Å². The average molecular weight is 347 g/mol. The molecule has 0 radical (unpaired) electrons. The number of benzene rings is 2. The summed E-state index contributed by atoms with van der Waals surface area (Å²) >= 11 is 5.87. The van der Waals surface area contributed by atoms with Crippen molar-refractivity contribution >= 4 is 34.9 Å². The van der Waals surface area contributed by atoms with Crippen molar-refractivity contribution in [3.63, 3.8) is 0 Å². The molecule has 1 amide bonds. The topological polar surface area (TPSA) is 58.6 Å². The fraction of sp³-hybridized carbons (Fsp3) is 0.222. The molecular formula is C18H19ClN2O3. The van der Waals surface area contributed by atoms with Crippen LogP contribution in [0.2, 0.25) is 5.02 Å². The highest BCUT2D eigenvalue weighted by atomic mass is 35.5. The molecule has 0 heterocycles. The van der Waals surface area contributed by atoms with Gasteiger partial charge >= 0.3 is 5.97 Å². The molecule has 0 spiro atoms. The highest BCUT2D eigenvalue weighted by Crippen LogP contribution is 2.17. The number of anilines is 2. The molecule has 0 saturated carbocycles. The van der Waals surface area contributed by atoms with E-state index in [1.807, 2.05) is 25.1 Å². The minimum atomic E-state index is -0.931. The molecular weight excluding hydrogens is 328 g/mol. The normalized spacial score (nSPS) is 11.5. The Bertz CT molecular complexity index is 747. The van der Waals surface area contributed by atoms with Gasteiger partial charge in [-0.2, -0.15) is 0 Å². The maximum Gasteiger partial charge on any atom is 0.338 e. The summed E-state index contributed by atoms with van der Waals surface area (Å²) in [6, 6.07) is 13.8. The van der Waals surface area contributed by atoms with Crippen LogP contribution in [0.25, 0.3) is 0 Å². The third-order valence-electron chi connectivity index (χ3n) is 3.34. The van der Waals surface area contributed by atoms with Crippen molar-refractivity contribution in [1.82, 2.24) is 0 Å². The molecule has 24 heavy (non-hydrogen) atoms. The maximum atomic E-state index is 12.2. The third kappa shape index (κ3) is 4.73. The molecule has 1 unspecified atom stereocenters. The predicted molar refractivity (Wildman–Crippen MR) is 95.7 cm³/mol. The molecule has 126 valence electrons. The van der Waals surface area contributed by atoms with E-state index < -0.39 is 18.0 Å². The van der Waals surface area contributed by atoms with E-state index in [1.54, 1.807) is 42.5 Å². The van der Waals surface area contributed by atoms with Crippen molar-refractivity contribution in [2.24, 2.45) is 0 Å². The van der Waals surface area contributed by atoms with Gasteiger partial charge in [-0.3, -0.25) is 4.79 Å². The van der Waals surface area contributed by atoms with Crippen LogP contribution >= 0.6 is 11.6 Å². The van der Waals surface area contributed by atoms with E-state index in [1.165, 1.54) is 6.92 Å². The van der Waals surface area contributed by atoms with E-state index in [-0.39, 0.29) is 0 Å². The molecule has 0 bridgehead atoms. The van der Waals surface area contributed by atoms with Crippen LogP contribution in [0.4, 0.5) is 11.4 Å². The molecule has 2 aromatic carbocycles. The summed E-state index contributed by atoms with van der Waals surface area (Å²) in [4.78, 5) is 26.2. The van der Waals surface area contributed by atoms with Gasteiger partial charge in [-0.15, -0.1) is 0 Å². The second-order valence-corrected chi connectivity index (χ2v) is 5.93. The van der Waals surface area contributed by atoms with E-state index in [0.29, 0.717) is 16.3 Å². The molecule has 2 rings (SSSR count). The molecule has 1 N–H and O–H groups in total. The maximum absolute atomic E-state index is 12.2. The predicted octanol–water partition coefficient (Wildman–Crippen LogP) is 3.59. The minimum Gasteiger partial charge on any atom is -0.449 e. The Morgan fingerprint density at radius 3 is 2.50 bits per heavy atom. The minimum absolute atomic E-state index is 0.392. The molecule has 0 aliphatic carbocycles. The third-order valence-corrected chi connectivity index (χ3v) is 3.58. The van der Waals surface area contributed by atoms with Gasteiger partial charge in [0.15, 0.2) is 6.10 Å². The first-order valence-corrected chi connectivity index (χ1v) is 7.79. The lowest BCUT2D eigenvalue weighted by atomic mass is 10.2. The van der Waals surface area contributed by atoms with E-state index in [0.717, 1.165) is 5.69 Å². The fourth-order valence-electron chi connectivity index (χ4n) is 2.00. The molecule has 1 atom stereocenters. The summed E-state index contributed by atoms with van der Waals surface area (Å²) in [6.45, 7) is 1.52. The second kappa shape index (κ2) is 7.84. The lowest BCUT2D eigenvalue weighted by molar-refractivity contribution is -0.123. The number of ether oxygens (including phenoxy) is 1. The van der Waals surface area contributed by atoms with Crippen molar-refractivity contribution in [3.05, 3.63) is 59.1 Å². The van der Waals surface area contributed by atoms with E-state index in [2.05, 4.69) is 5.32 Å². The van der Waals surface area contributed by atoms with Gasteiger partial charge in [0, 0.05) is 30.5 Å². The van der Waals surface area contributed by atoms with Gasteiger partial charge in [0.05, 0.1) is 5.56 Å². The smallest absolute Gasteiger partial charge is 0.338 e. The first-order valence-electron chi connectivity index (χ1n) is 7.41. The highest BCUT2D eigenvalue weighted by molar-refractivity contribution is 6.30. The number of hydrogen-bond acceptors (Lipinski definition) is 4. The van der Waals surface area contributed by atoms with Gasteiger partial charge in [0.2, 0.25) is 0 Å². The molecule has 0 aromatic heterocycles. The average Bonchev–Trinajstić information content (AvgIpc) is 2.54. The van der Waals surface area contributed by atoms with E-state index in [4.69, 9.17) is 16.3 Å². The summed E-state index contributed by atoms with van der Waals surface area (Å²) in [7, 11) is 3.76. The van der Waals surface area contributed by atoms with Crippen LogP contribution in [0.5, 0.6) is 0 Å². The van der Waals surface area contributed by atoms with E-state index in [9.17, 15) is 9.59 Å². The van der Waals surface area contributed by atoms with Crippen molar-refractivity contribution in [2.75, 3.05) is 24.3 Å². The van der Waals surface area contributed by atoms with Gasteiger partial charge < -0.3 is 15.0 Å².